The van der Waals surface area contributed by atoms with E-state index in [9.17, 15) is 9.59 Å². The zero-order valence-electron chi connectivity index (χ0n) is 10.4. The second-order valence-corrected chi connectivity index (χ2v) is 6.03. The maximum Gasteiger partial charge on any atom is 0.312 e. The molecule has 0 amide bonds. The van der Waals surface area contributed by atoms with E-state index in [1.165, 1.54) is 12.7 Å². The molecule has 4 aliphatic carbocycles. The van der Waals surface area contributed by atoms with Gasteiger partial charge in [0.1, 0.15) is 5.78 Å². The second kappa shape index (κ2) is 3.21. The molecule has 2 bridgehead atoms. The molecule has 0 aromatic carbocycles. The Morgan fingerprint density at radius 2 is 2.29 bits per heavy atom. The van der Waals surface area contributed by atoms with Crippen molar-refractivity contribution in [3.8, 4) is 0 Å². The number of rotatable bonds is 1. The summed E-state index contributed by atoms with van der Waals surface area (Å²) in [5.41, 5.74) is 0.802. The monoisotopic (exact) mass is 234 g/mol. The summed E-state index contributed by atoms with van der Waals surface area (Å²) in [6.07, 6.45) is 6.86. The van der Waals surface area contributed by atoms with Gasteiger partial charge in [0.15, 0.2) is 0 Å². The van der Waals surface area contributed by atoms with Crippen LogP contribution in [0, 0.1) is 16.7 Å². The topological polar surface area (TPSA) is 43.4 Å². The molecule has 4 rings (SSSR count). The highest BCUT2D eigenvalue weighted by Gasteiger charge is 2.60. The first-order valence-electron chi connectivity index (χ1n) is 6.34. The Morgan fingerprint density at radius 1 is 1.53 bits per heavy atom. The van der Waals surface area contributed by atoms with Crippen molar-refractivity contribution in [3.63, 3.8) is 0 Å². The number of esters is 1. The van der Waals surface area contributed by atoms with Crippen molar-refractivity contribution in [2.45, 2.75) is 39.0 Å². The van der Waals surface area contributed by atoms with Gasteiger partial charge in [-0.1, -0.05) is 11.6 Å². The van der Waals surface area contributed by atoms with E-state index in [1.54, 1.807) is 0 Å². The van der Waals surface area contributed by atoms with Gasteiger partial charge in [0.05, 0.1) is 18.4 Å². The van der Waals surface area contributed by atoms with Crippen LogP contribution in [0.15, 0.2) is 11.6 Å². The Kier molecular flexibility index (Phi) is 2.08. The van der Waals surface area contributed by atoms with Crippen LogP contribution >= 0.6 is 0 Å². The number of allylic oxidation sites excluding steroid dienone is 2. The summed E-state index contributed by atoms with van der Waals surface area (Å²) in [7, 11) is 1.41. The summed E-state index contributed by atoms with van der Waals surface area (Å²) in [6, 6.07) is 0. The molecule has 0 aliphatic heterocycles. The van der Waals surface area contributed by atoms with Gasteiger partial charge in [-0.25, -0.2) is 0 Å². The molecular weight excluding hydrogens is 216 g/mol. The number of ether oxygens (including phenoxy) is 1. The smallest absolute Gasteiger partial charge is 0.312 e. The molecular formula is C14H18O3. The molecule has 92 valence electrons. The van der Waals surface area contributed by atoms with Gasteiger partial charge in [-0.3, -0.25) is 9.59 Å². The van der Waals surface area contributed by atoms with Crippen LogP contribution in [0.25, 0.3) is 0 Å². The van der Waals surface area contributed by atoms with Crippen LogP contribution in [0.1, 0.15) is 39.0 Å². The predicted octanol–water partition coefficient (Wildman–Crippen LogP) is 2.26. The molecule has 0 radical (unpaired) electrons. The number of carbonyl (C=O) groups excluding carboxylic acids is 2. The molecule has 0 aromatic heterocycles. The molecule has 0 heterocycles. The highest BCUT2D eigenvalue weighted by Crippen LogP contribution is 2.62. The molecule has 1 spiro atoms. The van der Waals surface area contributed by atoms with E-state index in [0.29, 0.717) is 6.42 Å². The van der Waals surface area contributed by atoms with Gasteiger partial charge in [0.25, 0.3) is 0 Å². The minimum Gasteiger partial charge on any atom is -0.469 e. The van der Waals surface area contributed by atoms with Gasteiger partial charge in [-0.05, 0) is 38.0 Å². The molecule has 3 nitrogen and oxygen atoms in total. The first kappa shape index (κ1) is 11.0. The van der Waals surface area contributed by atoms with Gasteiger partial charge >= 0.3 is 5.97 Å². The van der Waals surface area contributed by atoms with E-state index < -0.39 is 5.41 Å². The summed E-state index contributed by atoms with van der Waals surface area (Å²) < 4.78 is 4.92. The fourth-order valence-corrected chi connectivity index (χ4v) is 4.29. The van der Waals surface area contributed by atoms with E-state index >= 15 is 0 Å². The Labute approximate surface area is 101 Å². The highest BCUT2D eigenvalue weighted by molar-refractivity contribution is 5.94. The highest BCUT2D eigenvalue weighted by atomic mass is 16.5. The average Bonchev–Trinajstić information content (AvgIpc) is 2.68. The summed E-state index contributed by atoms with van der Waals surface area (Å²) >= 11 is 0. The van der Waals surface area contributed by atoms with E-state index in [0.717, 1.165) is 25.7 Å². The molecule has 0 aromatic rings. The van der Waals surface area contributed by atoms with Crippen LogP contribution in [-0.2, 0) is 14.3 Å². The van der Waals surface area contributed by atoms with Crippen molar-refractivity contribution >= 4 is 11.8 Å². The summed E-state index contributed by atoms with van der Waals surface area (Å²) in [5, 5.41) is 0. The predicted molar refractivity (Wildman–Crippen MR) is 62.2 cm³/mol. The Hall–Kier alpha value is -1.12. The normalized spacial score (nSPS) is 43.3. The van der Waals surface area contributed by atoms with E-state index in [1.807, 2.05) is 6.92 Å². The number of methoxy groups -OCH3 is 1. The molecule has 2 saturated carbocycles. The van der Waals surface area contributed by atoms with Crippen LogP contribution < -0.4 is 0 Å². The van der Waals surface area contributed by atoms with Gasteiger partial charge in [-0.15, -0.1) is 0 Å². The lowest BCUT2D eigenvalue weighted by Crippen LogP contribution is -2.53. The van der Waals surface area contributed by atoms with Crippen molar-refractivity contribution in [3.05, 3.63) is 11.6 Å². The zero-order valence-corrected chi connectivity index (χ0v) is 10.4. The third-order valence-electron chi connectivity index (χ3n) is 5.05. The van der Waals surface area contributed by atoms with Gasteiger partial charge in [0, 0.05) is 6.42 Å². The number of fused-ring (bicyclic) bond motifs is 2. The molecule has 0 N–H and O–H groups in total. The van der Waals surface area contributed by atoms with Gasteiger partial charge < -0.3 is 4.74 Å². The molecule has 3 heteroatoms. The van der Waals surface area contributed by atoms with Gasteiger partial charge in [0.2, 0.25) is 0 Å². The molecule has 0 saturated heterocycles. The Balaban J connectivity index is 2.09. The SMILES string of the molecule is COC(=O)[C@]1(C)C[C@]23CCCC2=C[C@H]1C(=O)C3. The van der Waals surface area contributed by atoms with Gasteiger partial charge in [-0.2, -0.15) is 0 Å². The number of hydrogen-bond acceptors (Lipinski definition) is 3. The Morgan fingerprint density at radius 3 is 3.00 bits per heavy atom. The number of ketones is 1. The Bertz CT molecular complexity index is 437. The van der Waals surface area contributed by atoms with E-state index in [4.69, 9.17) is 4.74 Å². The van der Waals surface area contributed by atoms with E-state index in [-0.39, 0.29) is 23.1 Å². The van der Waals surface area contributed by atoms with Crippen molar-refractivity contribution in [2.24, 2.45) is 16.7 Å². The zero-order chi connectivity index (χ0) is 12.3. The number of carbonyl (C=O) groups is 2. The molecule has 17 heavy (non-hydrogen) atoms. The number of Topliss-reactive ketones (excluding diaryl/α,β-unsaturated/α-hetero) is 1. The second-order valence-electron chi connectivity index (χ2n) is 6.03. The molecule has 3 atom stereocenters. The minimum atomic E-state index is -0.627. The largest absolute Gasteiger partial charge is 0.469 e. The minimum absolute atomic E-state index is 0.00519. The summed E-state index contributed by atoms with van der Waals surface area (Å²) in [4.78, 5) is 24.2. The summed E-state index contributed by atoms with van der Waals surface area (Å²) in [6.45, 7) is 1.90. The fourth-order valence-electron chi connectivity index (χ4n) is 4.29. The van der Waals surface area contributed by atoms with Crippen molar-refractivity contribution in [2.75, 3.05) is 7.11 Å². The fraction of sp³-hybridized carbons (Fsp3) is 0.714. The van der Waals surface area contributed by atoms with Crippen molar-refractivity contribution in [1.29, 1.82) is 0 Å². The van der Waals surface area contributed by atoms with Crippen LogP contribution in [0.3, 0.4) is 0 Å². The third-order valence-corrected chi connectivity index (χ3v) is 5.05. The maximum absolute atomic E-state index is 12.2. The third kappa shape index (κ3) is 1.23. The van der Waals surface area contributed by atoms with Crippen LogP contribution in [0.2, 0.25) is 0 Å². The quantitative estimate of drug-likeness (QED) is 0.516. The van der Waals surface area contributed by atoms with Crippen molar-refractivity contribution in [1.82, 2.24) is 0 Å². The molecule has 0 unspecified atom stereocenters. The first-order chi connectivity index (χ1) is 8.02. The van der Waals surface area contributed by atoms with Crippen molar-refractivity contribution < 1.29 is 14.3 Å². The molecule has 2 fully saturated rings. The summed E-state index contributed by atoms with van der Waals surface area (Å²) in [5.74, 6) is -0.239. The lowest BCUT2D eigenvalue weighted by molar-refractivity contribution is -0.164. The average molecular weight is 234 g/mol. The van der Waals surface area contributed by atoms with Crippen LogP contribution in [0.5, 0.6) is 0 Å². The maximum atomic E-state index is 12.2. The standard InChI is InChI=1S/C14H18O3/c1-13(12(16)17-2)8-14-5-3-4-9(14)6-10(13)11(15)7-14/h6,10H,3-5,7-8H2,1-2H3/t10-,13+,14+/m0/s1. The molecule has 4 aliphatic rings. The van der Waals surface area contributed by atoms with Crippen LogP contribution in [-0.4, -0.2) is 18.9 Å². The number of hydrogen-bond donors (Lipinski definition) is 0. The lowest BCUT2D eigenvalue weighted by atomic mass is 9.51. The first-order valence-corrected chi connectivity index (χ1v) is 6.34. The van der Waals surface area contributed by atoms with E-state index in [2.05, 4.69) is 6.08 Å². The lowest BCUT2D eigenvalue weighted by Gasteiger charge is -2.51. The van der Waals surface area contributed by atoms with Crippen LogP contribution in [0.4, 0.5) is 0 Å².